The second-order valence-corrected chi connectivity index (χ2v) is 7.82. The fourth-order valence-corrected chi connectivity index (χ4v) is 4.34. The summed E-state index contributed by atoms with van der Waals surface area (Å²) in [7, 11) is -1.13. The van der Waals surface area contributed by atoms with Gasteiger partial charge in [-0.3, -0.25) is 0 Å². The number of sulfone groups is 1. The molecule has 0 aliphatic carbocycles. The molecule has 5 heteroatoms. The van der Waals surface area contributed by atoms with Crippen LogP contribution in [0.1, 0.15) is 32.6 Å². The van der Waals surface area contributed by atoms with Crippen molar-refractivity contribution in [3.63, 3.8) is 0 Å². The smallest absolute Gasteiger partial charge is 0.178 e. The summed E-state index contributed by atoms with van der Waals surface area (Å²) in [6.07, 6.45) is 4.32. The zero-order valence-electron chi connectivity index (χ0n) is 13.0. The van der Waals surface area contributed by atoms with Crippen molar-refractivity contribution in [1.82, 2.24) is 5.32 Å². The van der Waals surface area contributed by atoms with Crippen LogP contribution in [0.3, 0.4) is 0 Å². The lowest BCUT2D eigenvalue weighted by Gasteiger charge is -2.37. The van der Waals surface area contributed by atoms with Crippen molar-refractivity contribution >= 4 is 15.5 Å². The SMILES string of the molecule is CCCS(=O)(=O)c1ccc(N2CCCCC2CNC)cc1. The quantitative estimate of drug-likeness (QED) is 0.877. The molecule has 0 amide bonds. The van der Waals surface area contributed by atoms with Gasteiger partial charge in [-0.2, -0.15) is 0 Å². The lowest BCUT2D eigenvalue weighted by atomic mass is 10.0. The maximum absolute atomic E-state index is 12.1. The Morgan fingerprint density at radius 1 is 1.24 bits per heavy atom. The van der Waals surface area contributed by atoms with Crippen LogP contribution >= 0.6 is 0 Å². The fourth-order valence-electron chi connectivity index (χ4n) is 3.02. The van der Waals surface area contributed by atoms with Crippen molar-refractivity contribution in [3.05, 3.63) is 24.3 Å². The Hall–Kier alpha value is -1.07. The molecule has 2 rings (SSSR count). The van der Waals surface area contributed by atoms with Crippen molar-refractivity contribution in [2.75, 3.05) is 30.8 Å². The monoisotopic (exact) mass is 310 g/mol. The van der Waals surface area contributed by atoms with E-state index in [-0.39, 0.29) is 5.75 Å². The molecule has 1 atom stereocenters. The molecule has 4 nitrogen and oxygen atoms in total. The molecule has 0 bridgehead atoms. The average molecular weight is 310 g/mol. The Balaban J connectivity index is 2.17. The third kappa shape index (κ3) is 3.98. The highest BCUT2D eigenvalue weighted by Gasteiger charge is 2.22. The molecule has 1 fully saturated rings. The van der Waals surface area contributed by atoms with Gasteiger partial charge in [0, 0.05) is 24.8 Å². The topological polar surface area (TPSA) is 49.4 Å². The normalized spacial score (nSPS) is 19.7. The van der Waals surface area contributed by atoms with Gasteiger partial charge in [0.2, 0.25) is 0 Å². The van der Waals surface area contributed by atoms with Crippen molar-refractivity contribution < 1.29 is 8.42 Å². The van der Waals surface area contributed by atoms with Crippen LogP contribution in [0.25, 0.3) is 0 Å². The molecule has 1 aromatic carbocycles. The van der Waals surface area contributed by atoms with E-state index in [0.717, 1.165) is 18.8 Å². The second-order valence-electron chi connectivity index (χ2n) is 5.71. The summed E-state index contributed by atoms with van der Waals surface area (Å²) in [5, 5.41) is 3.25. The standard InChI is InChI=1S/C16H26N2O2S/c1-3-12-21(19,20)16-9-7-14(8-10-16)18-11-5-4-6-15(18)13-17-2/h7-10,15,17H,3-6,11-13H2,1-2H3. The van der Waals surface area contributed by atoms with Gasteiger partial charge in [0.05, 0.1) is 10.6 Å². The van der Waals surface area contributed by atoms with Gasteiger partial charge in [-0.15, -0.1) is 0 Å². The number of piperidine rings is 1. The lowest BCUT2D eigenvalue weighted by molar-refractivity contribution is 0.446. The summed E-state index contributed by atoms with van der Waals surface area (Å²) >= 11 is 0. The first kappa shape index (κ1) is 16.3. The minimum Gasteiger partial charge on any atom is -0.367 e. The van der Waals surface area contributed by atoms with E-state index in [1.54, 1.807) is 12.1 Å². The Bertz CT molecular complexity index is 538. The summed E-state index contributed by atoms with van der Waals surface area (Å²) in [5.41, 5.74) is 1.13. The lowest BCUT2D eigenvalue weighted by Crippen LogP contribution is -2.45. The maximum atomic E-state index is 12.1. The highest BCUT2D eigenvalue weighted by atomic mass is 32.2. The number of rotatable bonds is 6. The van der Waals surface area contributed by atoms with Gasteiger partial charge < -0.3 is 10.2 Å². The average Bonchev–Trinajstić information content (AvgIpc) is 2.48. The summed E-state index contributed by atoms with van der Waals surface area (Å²) in [6.45, 7) is 3.91. The van der Waals surface area contributed by atoms with E-state index in [9.17, 15) is 8.42 Å². The zero-order valence-corrected chi connectivity index (χ0v) is 13.8. The Morgan fingerprint density at radius 3 is 2.57 bits per heavy atom. The first-order valence-electron chi connectivity index (χ1n) is 7.82. The van der Waals surface area contributed by atoms with Gasteiger partial charge in [0.25, 0.3) is 0 Å². The Morgan fingerprint density at radius 2 is 1.95 bits per heavy atom. The first-order chi connectivity index (χ1) is 10.1. The maximum Gasteiger partial charge on any atom is 0.178 e. The highest BCUT2D eigenvalue weighted by Crippen LogP contribution is 2.26. The van der Waals surface area contributed by atoms with Gasteiger partial charge in [0.15, 0.2) is 9.84 Å². The van der Waals surface area contributed by atoms with E-state index in [4.69, 9.17) is 0 Å². The van der Waals surface area contributed by atoms with Crippen LogP contribution in [-0.2, 0) is 9.84 Å². The molecule has 1 unspecified atom stereocenters. The van der Waals surface area contributed by atoms with Crippen LogP contribution in [0.5, 0.6) is 0 Å². The molecule has 118 valence electrons. The molecule has 1 saturated heterocycles. The number of nitrogens with zero attached hydrogens (tertiary/aromatic N) is 1. The molecule has 0 saturated carbocycles. The minimum absolute atomic E-state index is 0.221. The number of benzene rings is 1. The molecule has 1 aliphatic heterocycles. The van der Waals surface area contributed by atoms with Gasteiger partial charge in [-0.1, -0.05) is 6.92 Å². The molecule has 1 aliphatic rings. The van der Waals surface area contributed by atoms with Crippen molar-refractivity contribution in [1.29, 1.82) is 0 Å². The van der Waals surface area contributed by atoms with E-state index in [1.807, 2.05) is 26.1 Å². The van der Waals surface area contributed by atoms with E-state index < -0.39 is 9.84 Å². The molecule has 1 N–H and O–H groups in total. The number of likely N-dealkylation sites (N-methyl/N-ethyl adjacent to an activating group) is 1. The fraction of sp³-hybridized carbons (Fsp3) is 0.625. The number of hydrogen-bond donors (Lipinski definition) is 1. The Kier molecular flexibility index (Phi) is 5.65. The molecule has 21 heavy (non-hydrogen) atoms. The molecular formula is C16H26N2O2S. The number of hydrogen-bond acceptors (Lipinski definition) is 4. The third-order valence-electron chi connectivity index (χ3n) is 4.07. The van der Waals surface area contributed by atoms with Crippen LogP contribution in [0, 0.1) is 0 Å². The van der Waals surface area contributed by atoms with Crippen LogP contribution in [0.4, 0.5) is 5.69 Å². The van der Waals surface area contributed by atoms with E-state index in [0.29, 0.717) is 17.4 Å². The molecular weight excluding hydrogens is 284 g/mol. The minimum atomic E-state index is -3.11. The Labute approximate surface area is 128 Å². The van der Waals surface area contributed by atoms with Gasteiger partial charge >= 0.3 is 0 Å². The predicted molar refractivity (Wildman–Crippen MR) is 87.7 cm³/mol. The van der Waals surface area contributed by atoms with Crippen LogP contribution in [0.2, 0.25) is 0 Å². The van der Waals surface area contributed by atoms with Crippen molar-refractivity contribution in [2.24, 2.45) is 0 Å². The number of anilines is 1. The highest BCUT2D eigenvalue weighted by molar-refractivity contribution is 7.91. The van der Waals surface area contributed by atoms with E-state index in [1.165, 1.54) is 19.3 Å². The van der Waals surface area contributed by atoms with Crippen LogP contribution < -0.4 is 10.2 Å². The molecule has 0 spiro atoms. The third-order valence-corrected chi connectivity index (χ3v) is 6.00. The van der Waals surface area contributed by atoms with Gasteiger partial charge in [-0.05, 0) is 57.0 Å². The molecule has 1 aromatic rings. The molecule has 0 aromatic heterocycles. The summed E-state index contributed by atoms with van der Waals surface area (Å²) in [6, 6.07) is 7.92. The van der Waals surface area contributed by atoms with Crippen molar-refractivity contribution in [2.45, 2.75) is 43.5 Å². The van der Waals surface area contributed by atoms with Crippen molar-refractivity contribution in [3.8, 4) is 0 Å². The van der Waals surface area contributed by atoms with E-state index in [2.05, 4.69) is 10.2 Å². The van der Waals surface area contributed by atoms with Crippen LogP contribution in [-0.4, -0.2) is 40.3 Å². The zero-order chi connectivity index (χ0) is 15.3. The van der Waals surface area contributed by atoms with E-state index >= 15 is 0 Å². The summed E-state index contributed by atoms with van der Waals surface area (Å²) in [5.74, 6) is 0.221. The van der Waals surface area contributed by atoms with Gasteiger partial charge in [0.1, 0.15) is 0 Å². The largest absolute Gasteiger partial charge is 0.367 e. The predicted octanol–water partition coefficient (Wildman–Crippen LogP) is 2.45. The second kappa shape index (κ2) is 7.27. The van der Waals surface area contributed by atoms with Gasteiger partial charge in [-0.25, -0.2) is 8.42 Å². The molecule has 1 heterocycles. The number of nitrogens with one attached hydrogen (secondary N) is 1. The summed E-state index contributed by atoms with van der Waals surface area (Å²) < 4.78 is 24.1. The first-order valence-corrected chi connectivity index (χ1v) is 9.47. The molecule has 0 radical (unpaired) electrons. The van der Waals surface area contributed by atoms with Crippen LogP contribution in [0.15, 0.2) is 29.2 Å². The summed E-state index contributed by atoms with van der Waals surface area (Å²) in [4.78, 5) is 2.84.